The Labute approximate surface area is 165 Å². The summed E-state index contributed by atoms with van der Waals surface area (Å²) in [6.45, 7) is 5.20. The van der Waals surface area contributed by atoms with Crippen LogP contribution in [0.5, 0.6) is 11.5 Å². The van der Waals surface area contributed by atoms with E-state index in [0.29, 0.717) is 13.1 Å². The topological polar surface area (TPSA) is 76.8 Å². The van der Waals surface area contributed by atoms with E-state index in [4.69, 9.17) is 15.2 Å². The SMILES string of the molecule is CC1(CN)CCN(C(C(=O)NCc2ccc3c(c2)OCO3)c2ccccc2)C1. The number of hydrogen-bond acceptors (Lipinski definition) is 5. The van der Waals surface area contributed by atoms with Crippen LogP contribution in [0.3, 0.4) is 0 Å². The molecule has 0 radical (unpaired) electrons. The van der Waals surface area contributed by atoms with Crippen LogP contribution in [0.2, 0.25) is 0 Å². The van der Waals surface area contributed by atoms with Gasteiger partial charge in [0, 0.05) is 13.1 Å². The maximum Gasteiger partial charge on any atom is 0.242 e. The minimum atomic E-state index is -0.316. The van der Waals surface area contributed by atoms with Crippen LogP contribution in [0.4, 0.5) is 0 Å². The fourth-order valence-corrected chi connectivity index (χ4v) is 3.95. The molecule has 2 atom stereocenters. The number of carbonyl (C=O) groups is 1. The van der Waals surface area contributed by atoms with Crippen LogP contribution >= 0.6 is 0 Å². The Morgan fingerprint density at radius 3 is 2.75 bits per heavy atom. The molecule has 148 valence electrons. The summed E-state index contributed by atoms with van der Waals surface area (Å²) in [5.74, 6) is 1.48. The number of nitrogens with zero attached hydrogens (tertiary/aromatic N) is 1. The lowest BCUT2D eigenvalue weighted by Gasteiger charge is -2.29. The van der Waals surface area contributed by atoms with Crippen molar-refractivity contribution >= 4 is 5.91 Å². The van der Waals surface area contributed by atoms with Gasteiger partial charge in [-0.3, -0.25) is 9.69 Å². The van der Waals surface area contributed by atoms with Crippen molar-refractivity contribution in [2.75, 3.05) is 26.4 Å². The predicted molar refractivity (Wildman–Crippen MR) is 107 cm³/mol. The number of nitrogens with two attached hydrogens (primary N) is 1. The highest BCUT2D eigenvalue weighted by atomic mass is 16.7. The summed E-state index contributed by atoms with van der Waals surface area (Å²) in [5, 5.41) is 3.10. The van der Waals surface area contributed by atoms with Gasteiger partial charge in [-0.05, 0) is 48.2 Å². The molecular weight excluding hydrogens is 354 g/mol. The molecule has 0 saturated carbocycles. The summed E-state index contributed by atoms with van der Waals surface area (Å²) in [6.07, 6.45) is 1.00. The number of likely N-dealkylation sites (tertiary alicyclic amines) is 1. The Balaban J connectivity index is 1.49. The van der Waals surface area contributed by atoms with E-state index in [1.54, 1.807) is 0 Å². The minimum absolute atomic E-state index is 0.00476. The monoisotopic (exact) mass is 381 g/mol. The van der Waals surface area contributed by atoms with Crippen LogP contribution in [-0.4, -0.2) is 37.2 Å². The number of rotatable bonds is 6. The zero-order chi connectivity index (χ0) is 19.6. The van der Waals surface area contributed by atoms with E-state index in [0.717, 1.165) is 42.1 Å². The van der Waals surface area contributed by atoms with Crippen LogP contribution in [0.1, 0.15) is 30.5 Å². The van der Waals surface area contributed by atoms with E-state index in [9.17, 15) is 4.79 Å². The summed E-state index contributed by atoms with van der Waals surface area (Å²) >= 11 is 0. The smallest absolute Gasteiger partial charge is 0.242 e. The van der Waals surface area contributed by atoms with Crippen LogP contribution < -0.4 is 20.5 Å². The maximum atomic E-state index is 13.2. The van der Waals surface area contributed by atoms with Crippen LogP contribution in [0, 0.1) is 5.41 Å². The molecule has 1 amide bonds. The molecular formula is C22H27N3O3. The maximum absolute atomic E-state index is 13.2. The third-order valence-electron chi connectivity index (χ3n) is 5.71. The average molecular weight is 381 g/mol. The van der Waals surface area contributed by atoms with Crippen molar-refractivity contribution in [3.8, 4) is 11.5 Å². The predicted octanol–water partition coefficient (Wildman–Crippen LogP) is 2.44. The van der Waals surface area contributed by atoms with Gasteiger partial charge in [-0.15, -0.1) is 0 Å². The molecule has 2 aliphatic heterocycles. The van der Waals surface area contributed by atoms with Gasteiger partial charge in [0.05, 0.1) is 0 Å². The third-order valence-corrected chi connectivity index (χ3v) is 5.71. The van der Waals surface area contributed by atoms with E-state index in [2.05, 4.69) is 17.1 Å². The molecule has 0 bridgehead atoms. The molecule has 0 aromatic heterocycles. The van der Waals surface area contributed by atoms with Crippen LogP contribution in [0.15, 0.2) is 48.5 Å². The first-order valence-electron chi connectivity index (χ1n) is 9.73. The van der Waals surface area contributed by atoms with Crippen LogP contribution in [-0.2, 0) is 11.3 Å². The lowest BCUT2D eigenvalue weighted by Crippen LogP contribution is -2.41. The molecule has 2 aliphatic rings. The zero-order valence-corrected chi connectivity index (χ0v) is 16.2. The normalized spacial score (nSPS) is 22.2. The number of nitrogens with one attached hydrogen (secondary N) is 1. The number of fused-ring (bicyclic) bond motifs is 1. The summed E-state index contributed by atoms with van der Waals surface area (Å²) in [4.78, 5) is 15.4. The van der Waals surface area contributed by atoms with Crippen LogP contribution in [0.25, 0.3) is 0 Å². The highest BCUT2D eigenvalue weighted by Crippen LogP contribution is 2.35. The first-order valence-corrected chi connectivity index (χ1v) is 9.73. The van der Waals surface area contributed by atoms with Gasteiger partial charge in [-0.1, -0.05) is 43.3 Å². The summed E-state index contributed by atoms with van der Waals surface area (Å²) in [7, 11) is 0. The van der Waals surface area contributed by atoms with Crippen molar-refractivity contribution in [2.45, 2.75) is 25.9 Å². The molecule has 1 fully saturated rings. The van der Waals surface area contributed by atoms with E-state index in [-0.39, 0.29) is 24.2 Å². The Kier molecular flexibility index (Phi) is 5.24. The van der Waals surface area contributed by atoms with Crippen molar-refractivity contribution in [3.05, 3.63) is 59.7 Å². The quantitative estimate of drug-likeness (QED) is 0.804. The Bertz CT molecular complexity index is 842. The summed E-state index contributed by atoms with van der Waals surface area (Å²) in [5.41, 5.74) is 8.03. The van der Waals surface area contributed by atoms with Gasteiger partial charge in [0.2, 0.25) is 12.7 Å². The van der Waals surface area contributed by atoms with Crippen molar-refractivity contribution in [3.63, 3.8) is 0 Å². The van der Waals surface area contributed by atoms with Crippen molar-refractivity contribution < 1.29 is 14.3 Å². The second-order valence-corrected chi connectivity index (χ2v) is 7.95. The molecule has 0 aliphatic carbocycles. The Hall–Kier alpha value is -2.57. The lowest BCUT2D eigenvalue weighted by atomic mass is 9.90. The molecule has 6 nitrogen and oxygen atoms in total. The molecule has 6 heteroatoms. The second-order valence-electron chi connectivity index (χ2n) is 7.95. The zero-order valence-electron chi connectivity index (χ0n) is 16.2. The van der Waals surface area contributed by atoms with Gasteiger partial charge >= 0.3 is 0 Å². The number of hydrogen-bond donors (Lipinski definition) is 2. The van der Waals surface area contributed by atoms with E-state index in [1.165, 1.54) is 0 Å². The summed E-state index contributed by atoms with van der Waals surface area (Å²) in [6, 6.07) is 15.4. The number of carbonyl (C=O) groups excluding carboxylic acids is 1. The number of benzene rings is 2. The van der Waals surface area contributed by atoms with Gasteiger partial charge in [0.15, 0.2) is 11.5 Å². The first kappa shape index (κ1) is 18.8. The van der Waals surface area contributed by atoms with E-state index < -0.39 is 0 Å². The Morgan fingerprint density at radius 2 is 2.00 bits per heavy atom. The molecule has 0 spiro atoms. The molecule has 2 aromatic carbocycles. The molecule has 28 heavy (non-hydrogen) atoms. The average Bonchev–Trinajstić information content (AvgIpc) is 3.34. The van der Waals surface area contributed by atoms with Gasteiger partial charge in [0.1, 0.15) is 6.04 Å². The molecule has 4 rings (SSSR count). The number of amides is 1. The van der Waals surface area contributed by atoms with E-state index in [1.807, 2.05) is 48.5 Å². The number of ether oxygens (including phenoxy) is 2. The van der Waals surface area contributed by atoms with Gasteiger partial charge in [-0.25, -0.2) is 0 Å². The lowest BCUT2D eigenvalue weighted by molar-refractivity contribution is -0.126. The van der Waals surface area contributed by atoms with Gasteiger partial charge in [-0.2, -0.15) is 0 Å². The molecule has 2 aromatic rings. The first-order chi connectivity index (χ1) is 13.6. The Morgan fingerprint density at radius 1 is 1.21 bits per heavy atom. The molecule has 1 saturated heterocycles. The fraction of sp³-hybridized carbons (Fsp3) is 0.409. The van der Waals surface area contributed by atoms with Gasteiger partial charge < -0.3 is 20.5 Å². The fourth-order valence-electron chi connectivity index (χ4n) is 3.95. The highest BCUT2D eigenvalue weighted by Gasteiger charge is 2.38. The molecule has 2 unspecified atom stereocenters. The van der Waals surface area contributed by atoms with Crippen molar-refractivity contribution in [1.29, 1.82) is 0 Å². The van der Waals surface area contributed by atoms with Crippen molar-refractivity contribution in [2.24, 2.45) is 11.1 Å². The minimum Gasteiger partial charge on any atom is -0.454 e. The molecule has 3 N–H and O–H groups in total. The largest absolute Gasteiger partial charge is 0.454 e. The van der Waals surface area contributed by atoms with Gasteiger partial charge in [0.25, 0.3) is 0 Å². The van der Waals surface area contributed by atoms with Crippen molar-refractivity contribution in [1.82, 2.24) is 10.2 Å². The third kappa shape index (κ3) is 3.84. The van der Waals surface area contributed by atoms with E-state index >= 15 is 0 Å². The highest BCUT2D eigenvalue weighted by molar-refractivity contribution is 5.83. The second kappa shape index (κ2) is 7.81. The standard InChI is InChI=1S/C22H27N3O3/c1-22(13-23)9-10-25(14-22)20(17-5-3-2-4-6-17)21(26)24-12-16-7-8-18-19(11-16)28-15-27-18/h2-8,11,20H,9-10,12-15,23H2,1H3,(H,24,26). The summed E-state index contributed by atoms with van der Waals surface area (Å²) < 4.78 is 10.8. The molecule has 2 heterocycles.